The zero-order chi connectivity index (χ0) is 16.9. The van der Waals surface area contributed by atoms with E-state index in [0.29, 0.717) is 0 Å². The molecule has 0 atom stereocenters. The third-order valence-corrected chi connectivity index (χ3v) is 7.27. The first-order valence-corrected chi connectivity index (χ1v) is 9.93. The predicted molar refractivity (Wildman–Crippen MR) is 103 cm³/mol. The minimum Gasteiger partial charge on any atom is -0.289 e. The molecule has 0 saturated carbocycles. The summed E-state index contributed by atoms with van der Waals surface area (Å²) in [4.78, 5) is 15.5. The summed E-state index contributed by atoms with van der Waals surface area (Å²) < 4.78 is 1.18. The van der Waals surface area contributed by atoms with Gasteiger partial charge >= 0.3 is 0 Å². The van der Waals surface area contributed by atoms with Crippen LogP contribution in [0.5, 0.6) is 0 Å². The maximum absolute atomic E-state index is 12.9. The number of Topliss-reactive ketones (excluding diaryl/α,β-unsaturated/α-hetero) is 1. The Labute approximate surface area is 151 Å². The lowest BCUT2D eigenvalue weighted by atomic mass is 9.87. The average molecular weight is 353 g/mol. The fourth-order valence-corrected chi connectivity index (χ4v) is 5.81. The molecule has 1 aliphatic heterocycles. The van der Waals surface area contributed by atoms with Gasteiger partial charge < -0.3 is 0 Å². The van der Waals surface area contributed by atoms with E-state index in [2.05, 4.69) is 45.0 Å². The third-order valence-electron chi connectivity index (χ3n) is 4.64. The van der Waals surface area contributed by atoms with Crippen molar-refractivity contribution in [2.45, 2.75) is 48.8 Å². The second-order valence-corrected chi connectivity index (χ2v) is 9.73. The number of allylic oxidation sites excluding steroid dienone is 1. The number of rotatable bonds is 0. The van der Waals surface area contributed by atoms with E-state index >= 15 is 0 Å². The van der Waals surface area contributed by atoms with Gasteiger partial charge in [-0.25, -0.2) is 0 Å². The summed E-state index contributed by atoms with van der Waals surface area (Å²) in [6.07, 6.45) is 1.82. The van der Waals surface area contributed by atoms with Crippen LogP contribution in [0.15, 0.2) is 62.1 Å². The van der Waals surface area contributed by atoms with Crippen molar-refractivity contribution in [3.05, 3.63) is 69.0 Å². The summed E-state index contributed by atoms with van der Waals surface area (Å²) in [5.41, 5.74) is 4.57. The molecule has 122 valence electrons. The van der Waals surface area contributed by atoms with Crippen molar-refractivity contribution in [2.75, 3.05) is 0 Å². The van der Waals surface area contributed by atoms with Crippen molar-refractivity contribution in [1.82, 2.24) is 0 Å². The molecular formula is C21H20OS2. The van der Waals surface area contributed by atoms with Gasteiger partial charge in [-0.2, -0.15) is 0 Å². The highest BCUT2D eigenvalue weighted by atomic mass is 32.2. The largest absolute Gasteiger partial charge is 0.289 e. The van der Waals surface area contributed by atoms with Crippen LogP contribution in [0.3, 0.4) is 0 Å². The molecule has 0 radical (unpaired) electrons. The molecule has 0 aromatic heterocycles. The van der Waals surface area contributed by atoms with Crippen LogP contribution in [0.4, 0.5) is 0 Å². The molecule has 0 fully saturated rings. The molecule has 2 aromatic carbocycles. The van der Waals surface area contributed by atoms with Crippen LogP contribution in [0.25, 0.3) is 0 Å². The van der Waals surface area contributed by atoms with E-state index < -0.39 is 0 Å². The molecule has 24 heavy (non-hydrogen) atoms. The second-order valence-electron chi connectivity index (χ2n) is 7.37. The molecule has 3 heteroatoms. The van der Waals surface area contributed by atoms with Crippen LogP contribution < -0.4 is 0 Å². The first-order chi connectivity index (χ1) is 11.4. The van der Waals surface area contributed by atoms with Crippen LogP contribution in [0, 0.1) is 0 Å². The Morgan fingerprint density at radius 2 is 1.67 bits per heavy atom. The number of ketones is 1. The number of fused-ring (bicyclic) bond motifs is 2. The Hall–Kier alpha value is -1.45. The van der Waals surface area contributed by atoms with Crippen LogP contribution in [-0.4, -0.2) is 5.78 Å². The molecule has 0 spiro atoms. The molecule has 1 nitrogen and oxygen atoms in total. The molecule has 4 rings (SSSR count). The SMILES string of the molecule is CC(C)(C)c1ccc2c(c1)SC(=C1CCc3ccccc3C1=O)S2. The maximum Gasteiger partial charge on any atom is 0.190 e. The molecule has 0 unspecified atom stereocenters. The van der Waals surface area contributed by atoms with Crippen LogP contribution in [0.1, 0.15) is 48.7 Å². The lowest BCUT2D eigenvalue weighted by Gasteiger charge is -2.19. The lowest BCUT2D eigenvalue weighted by molar-refractivity contribution is 0.102. The number of carbonyl (C=O) groups excluding carboxylic acids is 1. The highest BCUT2D eigenvalue weighted by molar-refractivity contribution is 8.24. The number of benzene rings is 2. The zero-order valence-electron chi connectivity index (χ0n) is 14.2. The molecular weight excluding hydrogens is 332 g/mol. The van der Waals surface area contributed by atoms with E-state index in [0.717, 1.165) is 24.0 Å². The molecule has 0 N–H and O–H groups in total. The molecule has 2 aromatic rings. The third kappa shape index (κ3) is 2.74. The molecule has 2 aliphatic rings. The summed E-state index contributed by atoms with van der Waals surface area (Å²) in [5, 5.41) is 0. The monoisotopic (exact) mass is 352 g/mol. The van der Waals surface area contributed by atoms with Gasteiger partial charge in [0.15, 0.2) is 5.78 Å². The van der Waals surface area contributed by atoms with E-state index in [9.17, 15) is 4.79 Å². The van der Waals surface area contributed by atoms with Gasteiger partial charge in [-0.15, -0.1) is 0 Å². The summed E-state index contributed by atoms with van der Waals surface area (Å²) >= 11 is 3.54. The summed E-state index contributed by atoms with van der Waals surface area (Å²) in [6, 6.07) is 14.7. The van der Waals surface area contributed by atoms with Gasteiger partial charge in [-0.05, 0) is 41.5 Å². The van der Waals surface area contributed by atoms with E-state index in [1.807, 2.05) is 18.2 Å². The van der Waals surface area contributed by atoms with E-state index in [4.69, 9.17) is 0 Å². The first kappa shape index (κ1) is 16.0. The Morgan fingerprint density at radius 1 is 0.917 bits per heavy atom. The van der Waals surface area contributed by atoms with Crippen molar-refractivity contribution >= 4 is 29.3 Å². The van der Waals surface area contributed by atoms with Crippen LogP contribution >= 0.6 is 23.5 Å². The topological polar surface area (TPSA) is 17.1 Å². The highest BCUT2D eigenvalue weighted by Crippen LogP contribution is 2.54. The highest BCUT2D eigenvalue weighted by Gasteiger charge is 2.29. The fourth-order valence-electron chi connectivity index (χ4n) is 3.17. The second kappa shape index (κ2) is 5.82. The van der Waals surface area contributed by atoms with Crippen molar-refractivity contribution in [1.29, 1.82) is 0 Å². The van der Waals surface area contributed by atoms with Gasteiger partial charge in [-0.3, -0.25) is 4.79 Å². The van der Waals surface area contributed by atoms with Crippen molar-refractivity contribution in [3.8, 4) is 0 Å². The Kier molecular flexibility index (Phi) is 3.89. The normalized spacial score (nSPS) is 20.0. The number of aryl methyl sites for hydroxylation is 1. The summed E-state index contributed by atoms with van der Waals surface area (Å²) in [5.74, 6) is 0.218. The molecule has 0 bridgehead atoms. The minimum absolute atomic E-state index is 0.149. The maximum atomic E-state index is 12.9. The Bertz CT molecular complexity index is 872. The number of hydrogen-bond donors (Lipinski definition) is 0. The van der Waals surface area contributed by atoms with Gasteiger partial charge in [0.1, 0.15) is 0 Å². The van der Waals surface area contributed by atoms with Crippen LogP contribution in [0.2, 0.25) is 0 Å². The summed E-state index contributed by atoms with van der Waals surface area (Å²) in [6.45, 7) is 6.72. The smallest absolute Gasteiger partial charge is 0.190 e. The van der Waals surface area contributed by atoms with Crippen molar-refractivity contribution in [2.24, 2.45) is 0 Å². The van der Waals surface area contributed by atoms with Crippen molar-refractivity contribution < 1.29 is 4.79 Å². The van der Waals surface area contributed by atoms with Crippen LogP contribution in [-0.2, 0) is 11.8 Å². The number of thioether (sulfide) groups is 2. The predicted octanol–water partition coefficient (Wildman–Crippen LogP) is 6.22. The van der Waals surface area contributed by atoms with E-state index in [1.165, 1.54) is 25.2 Å². The van der Waals surface area contributed by atoms with Crippen molar-refractivity contribution in [3.63, 3.8) is 0 Å². The zero-order valence-corrected chi connectivity index (χ0v) is 15.8. The number of hydrogen-bond acceptors (Lipinski definition) is 3. The summed E-state index contributed by atoms with van der Waals surface area (Å²) in [7, 11) is 0. The first-order valence-electron chi connectivity index (χ1n) is 8.29. The molecule has 1 aliphatic carbocycles. The van der Waals surface area contributed by atoms with Gasteiger partial charge in [-0.1, -0.05) is 74.6 Å². The fraction of sp³-hybridized carbons (Fsp3) is 0.286. The molecule has 0 saturated heterocycles. The number of carbonyl (C=O) groups is 1. The van der Waals surface area contributed by atoms with Gasteiger partial charge in [0.25, 0.3) is 0 Å². The average Bonchev–Trinajstić information content (AvgIpc) is 2.97. The molecule has 0 amide bonds. The van der Waals surface area contributed by atoms with Gasteiger partial charge in [0.05, 0.1) is 4.24 Å². The quantitative estimate of drug-likeness (QED) is 0.524. The Balaban J connectivity index is 1.70. The molecule has 1 heterocycles. The minimum atomic E-state index is 0.149. The van der Waals surface area contributed by atoms with Gasteiger partial charge in [0, 0.05) is 20.9 Å². The van der Waals surface area contributed by atoms with Gasteiger partial charge in [0.2, 0.25) is 0 Å². The van der Waals surface area contributed by atoms with E-state index in [1.54, 1.807) is 23.5 Å². The lowest BCUT2D eigenvalue weighted by Crippen LogP contribution is -2.14. The van der Waals surface area contributed by atoms with E-state index in [-0.39, 0.29) is 11.2 Å². The Morgan fingerprint density at radius 3 is 2.46 bits per heavy atom. The standard InChI is InChI=1S/C21H20OS2/c1-21(2,3)14-9-11-17-18(12-14)24-20(23-17)16-10-8-13-6-4-5-7-15(13)19(16)22/h4-7,9,11-12H,8,10H2,1-3H3.